The standard InChI is InChI=1S/C15H22N2O4/c1-19-12-6-5-11(13(20-2)14(12)21-3)15(18)17-9-4-7-16-8-10-17/h5-6,16H,4,7-10H2,1-3H3. The largest absolute Gasteiger partial charge is 0.493 e. The van der Waals surface area contributed by atoms with Gasteiger partial charge in [-0.25, -0.2) is 0 Å². The van der Waals surface area contributed by atoms with Crippen LogP contribution in [0.3, 0.4) is 0 Å². The van der Waals surface area contributed by atoms with Crippen LogP contribution in [0.4, 0.5) is 0 Å². The Kier molecular flexibility index (Phi) is 5.27. The minimum atomic E-state index is -0.0449. The summed E-state index contributed by atoms with van der Waals surface area (Å²) >= 11 is 0. The minimum Gasteiger partial charge on any atom is -0.493 e. The number of ether oxygens (including phenoxy) is 3. The Morgan fingerprint density at radius 3 is 2.48 bits per heavy atom. The second kappa shape index (κ2) is 7.17. The van der Waals surface area contributed by atoms with Gasteiger partial charge in [0, 0.05) is 19.6 Å². The van der Waals surface area contributed by atoms with Crippen LogP contribution in [-0.4, -0.2) is 58.3 Å². The van der Waals surface area contributed by atoms with E-state index in [-0.39, 0.29) is 5.91 Å². The summed E-state index contributed by atoms with van der Waals surface area (Å²) in [5.41, 5.74) is 0.497. The van der Waals surface area contributed by atoms with Crippen LogP contribution in [0.5, 0.6) is 17.2 Å². The van der Waals surface area contributed by atoms with Crippen molar-refractivity contribution in [2.45, 2.75) is 6.42 Å². The third-order valence-electron chi connectivity index (χ3n) is 3.56. The number of carbonyl (C=O) groups is 1. The lowest BCUT2D eigenvalue weighted by Gasteiger charge is -2.22. The highest BCUT2D eigenvalue weighted by atomic mass is 16.5. The first-order chi connectivity index (χ1) is 10.2. The predicted octanol–water partition coefficient (Wildman–Crippen LogP) is 1.15. The number of nitrogens with zero attached hydrogens (tertiary/aromatic N) is 1. The van der Waals surface area contributed by atoms with Crippen LogP contribution < -0.4 is 19.5 Å². The highest BCUT2D eigenvalue weighted by Crippen LogP contribution is 2.40. The van der Waals surface area contributed by atoms with Crippen molar-refractivity contribution in [1.29, 1.82) is 0 Å². The molecule has 1 fully saturated rings. The molecule has 0 unspecified atom stereocenters. The Morgan fingerprint density at radius 2 is 1.81 bits per heavy atom. The number of carbonyl (C=O) groups excluding carboxylic acids is 1. The molecule has 1 aromatic carbocycles. The molecule has 1 amide bonds. The van der Waals surface area contributed by atoms with Gasteiger partial charge in [-0.05, 0) is 25.1 Å². The first-order valence-electron chi connectivity index (χ1n) is 7.02. The fourth-order valence-corrected chi connectivity index (χ4v) is 2.49. The fourth-order valence-electron chi connectivity index (χ4n) is 2.49. The van der Waals surface area contributed by atoms with Crippen molar-refractivity contribution >= 4 is 5.91 Å². The fraction of sp³-hybridized carbons (Fsp3) is 0.533. The number of hydrogen-bond donors (Lipinski definition) is 1. The molecule has 0 saturated carbocycles. The van der Waals surface area contributed by atoms with E-state index in [2.05, 4.69) is 5.32 Å². The van der Waals surface area contributed by atoms with Gasteiger partial charge in [-0.15, -0.1) is 0 Å². The van der Waals surface area contributed by atoms with Crippen LogP contribution in [0.15, 0.2) is 12.1 Å². The molecular weight excluding hydrogens is 272 g/mol. The summed E-state index contributed by atoms with van der Waals surface area (Å²) < 4.78 is 16.0. The molecule has 0 spiro atoms. The average Bonchev–Trinajstić information content (AvgIpc) is 2.81. The Bertz CT molecular complexity index is 497. The normalized spacial score (nSPS) is 15.3. The Hall–Kier alpha value is -1.95. The Labute approximate surface area is 125 Å². The smallest absolute Gasteiger partial charge is 0.257 e. The van der Waals surface area contributed by atoms with Crippen LogP contribution in [0.1, 0.15) is 16.8 Å². The predicted molar refractivity (Wildman–Crippen MR) is 79.5 cm³/mol. The second-order valence-corrected chi connectivity index (χ2v) is 4.78. The van der Waals surface area contributed by atoms with Crippen LogP contribution >= 0.6 is 0 Å². The van der Waals surface area contributed by atoms with Crippen molar-refractivity contribution in [3.63, 3.8) is 0 Å². The molecule has 6 nitrogen and oxygen atoms in total. The lowest BCUT2D eigenvalue weighted by molar-refractivity contribution is 0.0762. The summed E-state index contributed by atoms with van der Waals surface area (Å²) in [7, 11) is 4.61. The molecule has 1 heterocycles. The summed E-state index contributed by atoms with van der Waals surface area (Å²) in [6.07, 6.45) is 0.946. The summed E-state index contributed by atoms with van der Waals surface area (Å²) in [5, 5.41) is 3.28. The lowest BCUT2D eigenvalue weighted by atomic mass is 10.1. The third kappa shape index (κ3) is 3.21. The number of amides is 1. The number of nitrogens with one attached hydrogen (secondary N) is 1. The van der Waals surface area contributed by atoms with Gasteiger partial charge in [0.05, 0.1) is 26.9 Å². The highest BCUT2D eigenvalue weighted by molar-refractivity contribution is 5.98. The molecule has 1 aliphatic rings. The SMILES string of the molecule is COc1ccc(C(=O)N2CCCNCC2)c(OC)c1OC. The van der Waals surface area contributed by atoms with E-state index >= 15 is 0 Å². The molecule has 0 atom stereocenters. The zero-order chi connectivity index (χ0) is 15.2. The van der Waals surface area contributed by atoms with Crippen molar-refractivity contribution in [1.82, 2.24) is 10.2 Å². The van der Waals surface area contributed by atoms with Gasteiger partial charge >= 0.3 is 0 Å². The van der Waals surface area contributed by atoms with Crippen LogP contribution in [0.2, 0.25) is 0 Å². The number of benzene rings is 1. The molecule has 1 saturated heterocycles. The monoisotopic (exact) mass is 294 g/mol. The van der Waals surface area contributed by atoms with Gasteiger partial charge in [0.25, 0.3) is 5.91 Å². The second-order valence-electron chi connectivity index (χ2n) is 4.78. The molecule has 2 rings (SSSR count). The quantitative estimate of drug-likeness (QED) is 0.902. The van der Waals surface area contributed by atoms with Crippen LogP contribution in [-0.2, 0) is 0 Å². The van der Waals surface area contributed by atoms with Crippen molar-refractivity contribution in [3.8, 4) is 17.2 Å². The zero-order valence-electron chi connectivity index (χ0n) is 12.8. The molecule has 0 bridgehead atoms. The molecular formula is C15H22N2O4. The van der Waals surface area contributed by atoms with Crippen molar-refractivity contribution in [2.24, 2.45) is 0 Å². The topological polar surface area (TPSA) is 60.0 Å². The summed E-state index contributed by atoms with van der Waals surface area (Å²) in [4.78, 5) is 14.6. The first-order valence-corrected chi connectivity index (χ1v) is 7.02. The van der Waals surface area contributed by atoms with Crippen LogP contribution in [0, 0.1) is 0 Å². The maximum Gasteiger partial charge on any atom is 0.257 e. The van der Waals surface area contributed by atoms with Crippen LogP contribution in [0.25, 0.3) is 0 Å². The van der Waals surface area contributed by atoms with Gasteiger partial charge in [0.1, 0.15) is 0 Å². The molecule has 1 N–H and O–H groups in total. The summed E-state index contributed by atoms with van der Waals surface area (Å²) in [5.74, 6) is 1.36. The average molecular weight is 294 g/mol. The van der Waals surface area contributed by atoms with E-state index in [1.807, 2.05) is 4.90 Å². The summed E-state index contributed by atoms with van der Waals surface area (Å²) in [6, 6.07) is 3.45. The van der Waals surface area contributed by atoms with Crippen molar-refractivity contribution < 1.29 is 19.0 Å². The molecule has 0 aromatic heterocycles. The molecule has 0 radical (unpaired) electrons. The van der Waals surface area contributed by atoms with Gasteiger partial charge in [-0.1, -0.05) is 0 Å². The van der Waals surface area contributed by atoms with Crippen molar-refractivity contribution in [3.05, 3.63) is 17.7 Å². The molecule has 1 aromatic rings. The van der Waals surface area contributed by atoms with Gasteiger partial charge < -0.3 is 24.4 Å². The molecule has 0 aliphatic carbocycles. The maximum absolute atomic E-state index is 12.7. The van der Waals surface area contributed by atoms with Gasteiger partial charge in [-0.2, -0.15) is 0 Å². The Balaban J connectivity index is 2.35. The minimum absolute atomic E-state index is 0.0449. The van der Waals surface area contributed by atoms with Gasteiger partial charge in [-0.3, -0.25) is 4.79 Å². The van der Waals surface area contributed by atoms with E-state index < -0.39 is 0 Å². The first kappa shape index (κ1) is 15.4. The maximum atomic E-state index is 12.7. The molecule has 21 heavy (non-hydrogen) atoms. The van der Waals surface area contributed by atoms with E-state index in [0.29, 0.717) is 29.4 Å². The number of methoxy groups -OCH3 is 3. The Morgan fingerprint density at radius 1 is 1.05 bits per heavy atom. The zero-order valence-corrected chi connectivity index (χ0v) is 12.8. The molecule has 1 aliphatic heterocycles. The third-order valence-corrected chi connectivity index (χ3v) is 3.56. The van der Waals surface area contributed by atoms with E-state index in [1.54, 1.807) is 19.2 Å². The van der Waals surface area contributed by atoms with Gasteiger partial charge in [0.2, 0.25) is 5.75 Å². The lowest BCUT2D eigenvalue weighted by Crippen LogP contribution is -2.34. The molecule has 116 valence electrons. The van der Waals surface area contributed by atoms with E-state index in [9.17, 15) is 4.79 Å². The number of hydrogen-bond acceptors (Lipinski definition) is 5. The number of rotatable bonds is 4. The van der Waals surface area contributed by atoms with E-state index in [4.69, 9.17) is 14.2 Å². The molecule has 6 heteroatoms. The highest BCUT2D eigenvalue weighted by Gasteiger charge is 2.24. The van der Waals surface area contributed by atoms with E-state index in [1.165, 1.54) is 14.2 Å². The van der Waals surface area contributed by atoms with Gasteiger partial charge in [0.15, 0.2) is 11.5 Å². The summed E-state index contributed by atoms with van der Waals surface area (Å²) in [6.45, 7) is 3.17. The van der Waals surface area contributed by atoms with E-state index in [0.717, 1.165) is 26.1 Å². The van der Waals surface area contributed by atoms with Crippen molar-refractivity contribution in [2.75, 3.05) is 47.5 Å².